The summed E-state index contributed by atoms with van der Waals surface area (Å²) in [5.41, 5.74) is 11.9. The van der Waals surface area contributed by atoms with Crippen molar-refractivity contribution in [3.8, 4) is 0 Å². The van der Waals surface area contributed by atoms with Crippen LogP contribution in [0.25, 0.3) is 0 Å². The number of nitrogen functional groups attached to an aromatic ring is 1. The van der Waals surface area contributed by atoms with Crippen molar-refractivity contribution in [3.63, 3.8) is 0 Å². The highest BCUT2D eigenvalue weighted by Crippen LogP contribution is 2.15. The van der Waals surface area contributed by atoms with Crippen molar-refractivity contribution < 1.29 is 0 Å². The molecule has 1 unspecified atom stereocenters. The first kappa shape index (κ1) is 11.7. The Bertz CT molecular complexity index is 397. The Morgan fingerprint density at radius 3 is 2.47 bits per heavy atom. The Morgan fingerprint density at radius 2 is 2.07 bits per heavy atom. The van der Waals surface area contributed by atoms with E-state index in [9.17, 15) is 4.79 Å². The number of nitrogens with zero attached hydrogens (tertiary/aromatic N) is 1. The van der Waals surface area contributed by atoms with Crippen LogP contribution >= 0.6 is 0 Å². The van der Waals surface area contributed by atoms with Crippen molar-refractivity contribution in [2.45, 2.75) is 33.2 Å². The molecule has 0 amide bonds. The predicted octanol–water partition coefficient (Wildman–Crippen LogP) is 0.570. The van der Waals surface area contributed by atoms with Gasteiger partial charge in [-0.3, -0.25) is 4.79 Å². The average molecular weight is 210 g/mol. The Morgan fingerprint density at radius 1 is 1.47 bits per heavy atom. The van der Waals surface area contributed by atoms with E-state index in [1.165, 1.54) is 0 Å². The molecule has 0 saturated carbocycles. The molecule has 5 N–H and O–H groups in total. The van der Waals surface area contributed by atoms with Crippen LogP contribution in [0.2, 0.25) is 0 Å². The predicted molar refractivity (Wildman–Crippen MR) is 60.4 cm³/mol. The lowest BCUT2D eigenvalue weighted by molar-refractivity contribution is 0.489. The highest BCUT2D eigenvalue weighted by Gasteiger charge is 2.15. The molecule has 0 aliphatic carbocycles. The smallest absolute Gasteiger partial charge is 0.256 e. The third-order valence-electron chi connectivity index (χ3n) is 2.45. The third kappa shape index (κ3) is 2.36. The fourth-order valence-corrected chi connectivity index (χ4v) is 1.35. The number of aromatic amines is 1. The van der Waals surface area contributed by atoms with Crippen LogP contribution in [0.5, 0.6) is 0 Å². The molecule has 0 bridgehead atoms. The summed E-state index contributed by atoms with van der Waals surface area (Å²) < 4.78 is 0. The Hall–Kier alpha value is -1.36. The van der Waals surface area contributed by atoms with Gasteiger partial charge in [0.1, 0.15) is 11.6 Å². The van der Waals surface area contributed by atoms with Crippen LogP contribution in [-0.2, 0) is 6.42 Å². The van der Waals surface area contributed by atoms with Gasteiger partial charge in [0.2, 0.25) is 0 Å². The monoisotopic (exact) mass is 210 g/mol. The van der Waals surface area contributed by atoms with Crippen LogP contribution in [0.15, 0.2) is 4.79 Å². The molecule has 1 aromatic heterocycles. The maximum absolute atomic E-state index is 11.6. The van der Waals surface area contributed by atoms with Gasteiger partial charge in [-0.05, 0) is 12.3 Å². The Labute approximate surface area is 88.9 Å². The molecule has 0 spiro atoms. The minimum absolute atomic E-state index is 0.184. The number of nitrogens with two attached hydrogens (primary N) is 2. The van der Waals surface area contributed by atoms with Gasteiger partial charge in [-0.15, -0.1) is 0 Å². The van der Waals surface area contributed by atoms with Crippen molar-refractivity contribution in [3.05, 3.63) is 21.7 Å². The largest absolute Gasteiger partial charge is 0.383 e. The number of anilines is 1. The quantitative estimate of drug-likeness (QED) is 0.679. The summed E-state index contributed by atoms with van der Waals surface area (Å²) in [5.74, 6) is 0.956. The van der Waals surface area contributed by atoms with E-state index in [1.807, 2.05) is 20.8 Å². The molecule has 0 radical (unpaired) electrons. The highest BCUT2D eigenvalue weighted by atomic mass is 16.1. The van der Waals surface area contributed by atoms with E-state index >= 15 is 0 Å². The van der Waals surface area contributed by atoms with Crippen LogP contribution < -0.4 is 17.0 Å². The molecule has 0 saturated heterocycles. The maximum atomic E-state index is 11.6. The normalized spacial score (nSPS) is 13.1. The highest BCUT2D eigenvalue weighted by molar-refractivity contribution is 5.37. The molecule has 1 rings (SSSR count). The van der Waals surface area contributed by atoms with E-state index < -0.39 is 0 Å². The molecule has 1 atom stereocenters. The number of H-pyrrole nitrogens is 1. The van der Waals surface area contributed by atoms with Crippen molar-refractivity contribution in [1.82, 2.24) is 9.97 Å². The summed E-state index contributed by atoms with van der Waals surface area (Å²) >= 11 is 0. The summed E-state index contributed by atoms with van der Waals surface area (Å²) in [5, 5.41) is 0. The summed E-state index contributed by atoms with van der Waals surface area (Å²) in [4.78, 5) is 18.4. The van der Waals surface area contributed by atoms with Crippen molar-refractivity contribution >= 4 is 5.82 Å². The molecule has 0 aromatic carbocycles. The summed E-state index contributed by atoms with van der Waals surface area (Å²) in [6, 6.07) is -0.286. The van der Waals surface area contributed by atoms with Crippen LogP contribution in [0, 0.1) is 5.92 Å². The topological polar surface area (TPSA) is 97.8 Å². The first-order chi connectivity index (χ1) is 6.97. The lowest BCUT2D eigenvalue weighted by Gasteiger charge is -2.15. The molecular formula is C10H18N4O. The SMILES string of the molecule is CCc1c(N)nc(C(N)C(C)C)[nH]c1=O. The lowest BCUT2D eigenvalue weighted by Crippen LogP contribution is -2.26. The lowest BCUT2D eigenvalue weighted by atomic mass is 10.0. The number of aromatic nitrogens is 2. The van der Waals surface area contributed by atoms with Crippen LogP contribution in [0.1, 0.15) is 38.2 Å². The van der Waals surface area contributed by atoms with Gasteiger partial charge in [-0.1, -0.05) is 20.8 Å². The van der Waals surface area contributed by atoms with Crippen LogP contribution in [-0.4, -0.2) is 9.97 Å². The van der Waals surface area contributed by atoms with Crippen molar-refractivity contribution in [1.29, 1.82) is 0 Å². The van der Waals surface area contributed by atoms with Crippen molar-refractivity contribution in [2.75, 3.05) is 5.73 Å². The third-order valence-corrected chi connectivity index (χ3v) is 2.45. The van der Waals surface area contributed by atoms with E-state index in [-0.39, 0.29) is 23.3 Å². The van der Waals surface area contributed by atoms with E-state index in [2.05, 4.69) is 9.97 Å². The van der Waals surface area contributed by atoms with Gasteiger partial charge in [-0.2, -0.15) is 0 Å². The first-order valence-electron chi connectivity index (χ1n) is 5.11. The molecule has 0 aliphatic rings. The maximum Gasteiger partial charge on any atom is 0.256 e. The number of nitrogens with one attached hydrogen (secondary N) is 1. The summed E-state index contributed by atoms with van der Waals surface area (Å²) in [7, 11) is 0. The second-order valence-corrected chi connectivity index (χ2v) is 3.94. The van der Waals surface area contributed by atoms with Gasteiger partial charge in [0.05, 0.1) is 11.6 Å². The fourth-order valence-electron chi connectivity index (χ4n) is 1.35. The van der Waals surface area contributed by atoms with E-state index in [4.69, 9.17) is 11.5 Å². The number of hydrogen-bond donors (Lipinski definition) is 3. The minimum atomic E-state index is -0.286. The Balaban J connectivity index is 3.20. The molecule has 5 nitrogen and oxygen atoms in total. The molecule has 0 fully saturated rings. The number of hydrogen-bond acceptors (Lipinski definition) is 4. The van der Waals surface area contributed by atoms with Gasteiger partial charge in [0.15, 0.2) is 0 Å². The number of rotatable bonds is 3. The van der Waals surface area contributed by atoms with Crippen LogP contribution in [0.4, 0.5) is 5.82 Å². The summed E-state index contributed by atoms with van der Waals surface area (Å²) in [6.07, 6.45) is 0.575. The van der Waals surface area contributed by atoms with Crippen LogP contribution in [0.3, 0.4) is 0 Å². The minimum Gasteiger partial charge on any atom is -0.383 e. The second kappa shape index (κ2) is 4.44. The van der Waals surface area contributed by atoms with Gasteiger partial charge in [-0.25, -0.2) is 4.98 Å². The van der Waals surface area contributed by atoms with Crippen molar-refractivity contribution in [2.24, 2.45) is 11.7 Å². The fraction of sp³-hybridized carbons (Fsp3) is 0.600. The zero-order valence-corrected chi connectivity index (χ0v) is 9.37. The van der Waals surface area contributed by atoms with Gasteiger partial charge in [0.25, 0.3) is 5.56 Å². The zero-order chi connectivity index (χ0) is 11.6. The molecular weight excluding hydrogens is 192 g/mol. The zero-order valence-electron chi connectivity index (χ0n) is 9.37. The molecule has 0 aliphatic heterocycles. The van der Waals surface area contributed by atoms with E-state index in [1.54, 1.807) is 0 Å². The molecule has 84 valence electrons. The summed E-state index contributed by atoms with van der Waals surface area (Å²) in [6.45, 7) is 5.80. The van der Waals surface area contributed by atoms with E-state index in [0.717, 1.165) is 0 Å². The first-order valence-corrected chi connectivity index (χ1v) is 5.11. The standard InChI is InChI=1S/C10H18N4O/c1-4-6-8(12)13-9(14-10(6)15)7(11)5(2)3/h5,7H,4,11H2,1-3H3,(H3,12,13,14,15). The molecule has 1 heterocycles. The molecule has 15 heavy (non-hydrogen) atoms. The molecule has 1 aromatic rings. The van der Waals surface area contributed by atoms with E-state index in [0.29, 0.717) is 17.8 Å². The van der Waals surface area contributed by atoms with Gasteiger partial charge < -0.3 is 16.5 Å². The Kier molecular flexibility index (Phi) is 3.47. The van der Waals surface area contributed by atoms with Gasteiger partial charge >= 0.3 is 0 Å². The van der Waals surface area contributed by atoms with Gasteiger partial charge in [0, 0.05) is 0 Å². The second-order valence-electron chi connectivity index (χ2n) is 3.94. The molecule has 5 heteroatoms. The average Bonchev–Trinajstić information content (AvgIpc) is 2.15.